The highest BCUT2D eigenvalue weighted by atomic mass is 16.4. The van der Waals surface area contributed by atoms with Crippen molar-refractivity contribution in [3.8, 4) is 11.1 Å². The molecule has 4 aromatic rings. The van der Waals surface area contributed by atoms with Gasteiger partial charge in [0.25, 0.3) is 0 Å². The SMILES string of the molecule is CCCc1nc2nc(C)c(NC(=O)N(C)C)cc2n1Cc1ccc(-c2ccccc2C(=O)O)cc1. The minimum Gasteiger partial charge on any atom is -0.478 e. The Bertz CT molecular complexity index is 1390. The van der Waals surface area contributed by atoms with E-state index < -0.39 is 5.97 Å². The third-order valence-corrected chi connectivity index (χ3v) is 5.90. The summed E-state index contributed by atoms with van der Waals surface area (Å²) in [7, 11) is 3.39. The first-order chi connectivity index (χ1) is 16.8. The van der Waals surface area contributed by atoms with Crippen molar-refractivity contribution < 1.29 is 14.7 Å². The van der Waals surface area contributed by atoms with Crippen molar-refractivity contribution in [3.63, 3.8) is 0 Å². The molecule has 0 fully saturated rings. The Morgan fingerprint density at radius 2 is 1.77 bits per heavy atom. The normalized spacial score (nSPS) is 11.0. The van der Waals surface area contributed by atoms with Crippen LogP contribution in [0.4, 0.5) is 10.5 Å². The van der Waals surface area contributed by atoms with Gasteiger partial charge >= 0.3 is 12.0 Å². The lowest BCUT2D eigenvalue weighted by molar-refractivity contribution is 0.0697. The zero-order valence-electron chi connectivity index (χ0n) is 20.4. The van der Waals surface area contributed by atoms with Gasteiger partial charge in [0.2, 0.25) is 0 Å². The van der Waals surface area contributed by atoms with Crippen molar-refractivity contribution in [1.29, 1.82) is 0 Å². The summed E-state index contributed by atoms with van der Waals surface area (Å²) in [5.41, 5.74) is 5.74. The molecule has 0 saturated heterocycles. The van der Waals surface area contributed by atoms with Gasteiger partial charge in [-0.25, -0.2) is 19.6 Å². The average molecular weight is 472 g/mol. The van der Waals surface area contributed by atoms with Gasteiger partial charge in [0, 0.05) is 27.1 Å². The van der Waals surface area contributed by atoms with E-state index in [-0.39, 0.29) is 11.6 Å². The molecule has 4 rings (SSSR count). The zero-order chi connectivity index (χ0) is 25.1. The van der Waals surface area contributed by atoms with Gasteiger partial charge in [-0.1, -0.05) is 49.4 Å². The summed E-state index contributed by atoms with van der Waals surface area (Å²) in [4.78, 5) is 34.7. The van der Waals surface area contributed by atoms with E-state index in [0.717, 1.165) is 35.3 Å². The number of rotatable bonds is 7. The molecule has 180 valence electrons. The Labute approximate surface area is 204 Å². The number of anilines is 1. The number of carbonyl (C=O) groups excluding carboxylic acids is 1. The molecule has 0 unspecified atom stereocenters. The van der Waals surface area contributed by atoms with Crippen LogP contribution in [0.5, 0.6) is 0 Å². The summed E-state index contributed by atoms with van der Waals surface area (Å²) in [5.74, 6) is -0.00971. The van der Waals surface area contributed by atoms with Crippen LogP contribution in [0, 0.1) is 6.92 Å². The zero-order valence-corrected chi connectivity index (χ0v) is 20.4. The molecule has 2 N–H and O–H groups in total. The molecule has 0 aliphatic rings. The lowest BCUT2D eigenvalue weighted by Crippen LogP contribution is -2.27. The van der Waals surface area contributed by atoms with Crippen molar-refractivity contribution in [1.82, 2.24) is 19.4 Å². The summed E-state index contributed by atoms with van der Waals surface area (Å²) in [6.07, 6.45) is 1.75. The number of fused-ring (bicyclic) bond motifs is 1. The molecule has 8 heteroatoms. The summed E-state index contributed by atoms with van der Waals surface area (Å²) in [6, 6.07) is 16.6. The maximum absolute atomic E-state index is 12.2. The fraction of sp³-hybridized carbons (Fsp3) is 0.259. The number of nitrogens with one attached hydrogen (secondary N) is 1. The van der Waals surface area contributed by atoms with E-state index in [9.17, 15) is 14.7 Å². The van der Waals surface area contributed by atoms with E-state index in [4.69, 9.17) is 4.98 Å². The number of aromatic carboxylic acids is 1. The van der Waals surface area contributed by atoms with Crippen LogP contribution in [0.15, 0.2) is 54.6 Å². The Hall–Kier alpha value is -4.20. The number of benzene rings is 2. The lowest BCUT2D eigenvalue weighted by atomic mass is 9.99. The standard InChI is InChI=1S/C27H29N5O3/c1-5-8-24-30-25-23(15-22(17(2)28-25)29-27(35)31(3)4)32(24)16-18-11-13-19(14-12-18)20-9-6-7-10-21(20)26(33)34/h6-7,9-15H,5,8,16H2,1-4H3,(H,29,35)(H,33,34). The molecule has 0 radical (unpaired) electrons. The molecule has 2 aromatic carbocycles. The molecule has 0 atom stereocenters. The number of aromatic nitrogens is 3. The minimum atomic E-state index is -0.946. The van der Waals surface area contributed by atoms with E-state index in [2.05, 4.69) is 21.8 Å². The van der Waals surface area contributed by atoms with E-state index in [1.165, 1.54) is 4.90 Å². The van der Waals surface area contributed by atoms with Crippen molar-refractivity contribution in [3.05, 3.63) is 77.2 Å². The monoisotopic (exact) mass is 471 g/mol. The summed E-state index contributed by atoms with van der Waals surface area (Å²) >= 11 is 0. The minimum absolute atomic E-state index is 0.216. The van der Waals surface area contributed by atoms with Crippen LogP contribution in [0.25, 0.3) is 22.3 Å². The van der Waals surface area contributed by atoms with Gasteiger partial charge in [-0.15, -0.1) is 0 Å². The van der Waals surface area contributed by atoms with Crippen LogP contribution < -0.4 is 5.32 Å². The van der Waals surface area contributed by atoms with Crippen LogP contribution >= 0.6 is 0 Å². The number of carboxylic acids is 1. The number of urea groups is 1. The van der Waals surface area contributed by atoms with E-state index in [1.807, 2.05) is 49.4 Å². The molecule has 0 aliphatic heterocycles. The third-order valence-electron chi connectivity index (χ3n) is 5.90. The molecule has 8 nitrogen and oxygen atoms in total. The topological polar surface area (TPSA) is 100 Å². The number of nitrogens with zero attached hydrogens (tertiary/aromatic N) is 4. The molecule has 2 amide bonds. The first-order valence-electron chi connectivity index (χ1n) is 11.5. The second kappa shape index (κ2) is 9.97. The van der Waals surface area contributed by atoms with Gasteiger partial charge in [-0.2, -0.15) is 0 Å². The molecular weight excluding hydrogens is 442 g/mol. The number of amides is 2. The van der Waals surface area contributed by atoms with Crippen LogP contribution in [0.1, 0.15) is 40.8 Å². The molecular formula is C27H29N5O3. The molecule has 0 saturated carbocycles. The van der Waals surface area contributed by atoms with Crippen molar-refractivity contribution in [2.75, 3.05) is 19.4 Å². The van der Waals surface area contributed by atoms with Gasteiger partial charge < -0.3 is 19.9 Å². The maximum atomic E-state index is 12.2. The number of carboxylic acid groups (broad SMARTS) is 1. The summed E-state index contributed by atoms with van der Waals surface area (Å²) in [6.45, 7) is 4.55. The lowest BCUT2D eigenvalue weighted by Gasteiger charge is -2.14. The number of hydrogen-bond donors (Lipinski definition) is 2. The van der Waals surface area contributed by atoms with Crippen molar-refractivity contribution in [2.24, 2.45) is 0 Å². The van der Waals surface area contributed by atoms with Crippen LogP contribution in [0.2, 0.25) is 0 Å². The Morgan fingerprint density at radius 3 is 2.43 bits per heavy atom. The third kappa shape index (κ3) is 5.01. The highest BCUT2D eigenvalue weighted by molar-refractivity contribution is 5.96. The maximum Gasteiger partial charge on any atom is 0.336 e. The predicted molar refractivity (Wildman–Crippen MR) is 137 cm³/mol. The Morgan fingerprint density at radius 1 is 1.06 bits per heavy atom. The molecule has 35 heavy (non-hydrogen) atoms. The summed E-state index contributed by atoms with van der Waals surface area (Å²) < 4.78 is 2.14. The predicted octanol–water partition coefficient (Wildman–Crippen LogP) is 5.20. The highest BCUT2D eigenvalue weighted by Gasteiger charge is 2.16. The van der Waals surface area contributed by atoms with Crippen molar-refractivity contribution in [2.45, 2.75) is 33.2 Å². The first-order valence-corrected chi connectivity index (χ1v) is 11.5. The molecule has 2 aromatic heterocycles. The molecule has 0 aliphatic carbocycles. The molecule has 2 heterocycles. The smallest absolute Gasteiger partial charge is 0.336 e. The first kappa shape index (κ1) is 23.9. The average Bonchev–Trinajstić information content (AvgIpc) is 3.15. The Kier molecular flexibility index (Phi) is 6.82. The van der Waals surface area contributed by atoms with Crippen molar-refractivity contribution >= 4 is 28.9 Å². The number of pyridine rings is 1. The summed E-state index contributed by atoms with van der Waals surface area (Å²) in [5, 5.41) is 12.4. The van der Waals surface area contributed by atoms with Gasteiger partial charge in [0.1, 0.15) is 5.82 Å². The number of imidazole rings is 1. The number of aryl methyl sites for hydroxylation is 2. The number of hydrogen-bond acceptors (Lipinski definition) is 4. The van der Waals surface area contributed by atoms with Gasteiger partial charge in [0.05, 0.1) is 22.5 Å². The largest absolute Gasteiger partial charge is 0.478 e. The second-order valence-electron chi connectivity index (χ2n) is 8.70. The van der Waals surface area contributed by atoms with Gasteiger partial charge in [-0.3, -0.25) is 0 Å². The van der Waals surface area contributed by atoms with E-state index in [0.29, 0.717) is 29.1 Å². The fourth-order valence-corrected chi connectivity index (χ4v) is 4.02. The van der Waals surface area contributed by atoms with Gasteiger partial charge in [-0.05, 0) is 42.2 Å². The molecule has 0 bridgehead atoms. The van der Waals surface area contributed by atoms with E-state index in [1.54, 1.807) is 26.2 Å². The van der Waals surface area contributed by atoms with Crippen LogP contribution in [0.3, 0.4) is 0 Å². The molecule has 0 spiro atoms. The van der Waals surface area contributed by atoms with E-state index >= 15 is 0 Å². The second-order valence-corrected chi connectivity index (χ2v) is 8.70. The van der Waals surface area contributed by atoms with Crippen LogP contribution in [-0.2, 0) is 13.0 Å². The quantitative estimate of drug-likeness (QED) is 0.386. The Balaban J connectivity index is 1.70. The van der Waals surface area contributed by atoms with Crippen LogP contribution in [-0.4, -0.2) is 50.6 Å². The highest BCUT2D eigenvalue weighted by Crippen LogP contribution is 2.27. The fourth-order valence-electron chi connectivity index (χ4n) is 4.02. The van der Waals surface area contributed by atoms with Gasteiger partial charge in [0.15, 0.2) is 5.65 Å². The number of carbonyl (C=O) groups is 2.